The number of rotatable bonds is 2. The molecule has 0 unspecified atom stereocenters. The SMILES string of the molecule is CC(C)c1cncc2cc(C3(N)CCCC3)ccc12. The first kappa shape index (κ1) is 12.6. The first-order valence-corrected chi connectivity index (χ1v) is 7.27. The van der Waals surface area contributed by atoms with Crippen LogP contribution in [-0.4, -0.2) is 4.98 Å². The average Bonchev–Trinajstić information content (AvgIpc) is 2.85. The summed E-state index contributed by atoms with van der Waals surface area (Å²) in [5, 5.41) is 2.54. The summed E-state index contributed by atoms with van der Waals surface area (Å²) in [5.74, 6) is 0.500. The van der Waals surface area contributed by atoms with Crippen molar-refractivity contribution in [2.45, 2.75) is 51.0 Å². The Labute approximate surface area is 115 Å². The molecule has 0 atom stereocenters. The van der Waals surface area contributed by atoms with Gasteiger partial charge in [0.25, 0.3) is 0 Å². The third-order valence-electron chi connectivity index (χ3n) is 4.48. The highest BCUT2D eigenvalue weighted by Gasteiger charge is 2.31. The van der Waals surface area contributed by atoms with E-state index in [0.717, 1.165) is 12.8 Å². The molecule has 1 aliphatic rings. The van der Waals surface area contributed by atoms with Crippen molar-refractivity contribution in [1.82, 2.24) is 4.98 Å². The van der Waals surface area contributed by atoms with Crippen LogP contribution < -0.4 is 5.73 Å². The molecular weight excluding hydrogens is 232 g/mol. The van der Waals surface area contributed by atoms with Crippen LogP contribution in [-0.2, 0) is 5.54 Å². The fourth-order valence-corrected chi connectivity index (χ4v) is 3.26. The second-order valence-corrected chi connectivity index (χ2v) is 6.18. The third kappa shape index (κ3) is 2.14. The first-order valence-electron chi connectivity index (χ1n) is 7.27. The van der Waals surface area contributed by atoms with E-state index in [0.29, 0.717) is 5.92 Å². The number of aromatic nitrogens is 1. The number of pyridine rings is 1. The standard InChI is InChI=1S/C17H22N2/c1-12(2)16-11-19-10-13-9-14(5-6-15(13)16)17(18)7-3-4-8-17/h5-6,9-12H,3-4,7-8,18H2,1-2H3. The Kier molecular flexibility index (Phi) is 3.06. The normalized spacial score (nSPS) is 18.3. The largest absolute Gasteiger partial charge is 0.321 e. The number of benzene rings is 1. The van der Waals surface area contributed by atoms with Gasteiger partial charge in [-0.1, -0.05) is 38.8 Å². The molecule has 2 nitrogen and oxygen atoms in total. The summed E-state index contributed by atoms with van der Waals surface area (Å²) in [7, 11) is 0. The van der Waals surface area contributed by atoms with Gasteiger partial charge in [0.2, 0.25) is 0 Å². The zero-order valence-corrected chi connectivity index (χ0v) is 11.8. The molecule has 1 saturated carbocycles. The van der Waals surface area contributed by atoms with Crippen LogP contribution in [0.3, 0.4) is 0 Å². The maximum atomic E-state index is 6.55. The summed E-state index contributed by atoms with van der Waals surface area (Å²) in [6, 6.07) is 6.70. The summed E-state index contributed by atoms with van der Waals surface area (Å²) in [4.78, 5) is 4.38. The molecule has 1 heterocycles. The Balaban J connectivity index is 2.12. The van der Waals surface area contributed by atoms with E-state index < -0.39 is 0 Å². The molecule has 1 aliphatic carbocycles. The summed E-state index contributed by atoms with van der Waals surface area (Å²) >= 11 is 0. The molecule has 0 amide bonds. The van der Waals surface area contributed by atoms with Gasteiger partial charge in [0.15, 0.2) is 0 Å². The molecule has 0 radical (unpaired) electrons. The van der Waals surface area contributed by atoms with Gasteiger partial charge in [-0.05, 0) is 41.3 Å². The van der Waals surface area contributed by atoms with E-state index in [1.165, 1.54) is 34.7 Å². The van der Waals surface area contributed by atoms with Crippen molar-refractivity contribution in [1.29, 1.82) is 0 Å². The Morgan fingerprint density at radius 1 is 1.16 bits per heavy atom. The fraction of sp³-hybridized carbons (Fsp3) is 0.471. The molecule has 2 N–H and O–H groups in total. The Hall–Kier alpha value is -1.41. The minimum atomic E-state index is -0.109. The zero-order chi connectivity index (χ0) is 13.5. The quantitative estimate of drug-likeness (QED) is 0.876. The maximum Gasteiger partial charge on any atom is 0.0409 e. The van der Waals surface area contributed by atoms with Crippen molar-refractivity contribution in [2.24, 2.45) is 5.73 Å². The lowest BCUT2D eigenvalue weighted by Crippen LogP contribution is -2.32. The van der Waals surface area contributed by atoms with Crippen molar-refractivity contribution in [2.75, 3.05) is 0 Å². The van der Waals surface area contributed by atoms with Gasteiger partial charge in [-0.3, -0.25) is 4.98 Å². The van der Waals surface area contributed by atoms with Crippen molar-refractivity contribution < 1.29 is 0 Å². The predicted octanol–water partition coefficient (Wildman–Crippen LogP) is 4.09. The summed E-state index contributed by atoms with van der Waals surface area (Å²) < 4.78 is 0. The predicted molar refractivity (Wildman–Crippen MR) is 80.2 cm³/mol. The lowest BCUT2D eigenvalue weighted by atomic mass is 9.87. The van der Waals surface area contributed by atoms with Gasteiger partial charge in [0, 0.05) is 23.3 Å². The van der Waals surface area contributed by atoms with Crippen LogP contribution in [0.25, 0.3) is 10.8 Å². The molecule has 1 aromatic heterocycles. The van der Waals surface area contributed by atoms with Gasteiger partial charge in [0.05, 0.1) is 0 Å². The van der Waals surface area contributed by atoms with Gasteiger partial charge in [-0.15, -0.1) is 0 Å². The number of hydrogen-bond donors (Lipinski definition) is 1. The highest BCUT2D eigenvalue weighted by Crippen LogP contribution is 2.37. The molecule has 3 rings (SSSR count). The Morgan fingerprint density at radius 3 is 2.58 bits per heavy atom. The van der Waals surface area contributed by atoms with Crippen LogP contribution in [0.1, 0.15) is 56.6 Å². The fourth-order valence-electron chi connectivity index (χ4n) is 3.26. The second-order valence-electron chi connectivity index (χ2n) is 6.18. The summed E-state index contributed by atoms with van der Waals surface area (Å²) in [5.41, 5.74) is 9.04. The van der Waals surface area contributed by atoms with Crippen LogP contribution in [0, 0.1) is 0 Å². The second kappa shape index (κ2) is 4.61. The summed E-state index contributed by atoms with van der Waals surface area (Å²) in [6.07, 6.45) is 8.66. The van der Waals surface area contributed by atoms with Gasteiger partial charge >= 0.3 is 0 Å². The number of nitrogens with two attached hydrogens (primary N) is 1. The van der Waals surface area contributed by atoms with E-state index in [4.69, 9.17) is 5.73 Å². The van der Waals surface area contributed by atoms with Crippen LogP contribution in [0.15, 0.2) is 30.6 Å². The molecule has 2 heteroatoms. The lowest BCUT2D eigenvalue weighted by Gasteiger charge is -2.24. The molecule has 19 heavy (non-hydrogen) atoms. The third-order valence-corrected chi connectivity index (χ3v) is 4.48. The smallest absolute Gasteiger partial charge is 0.0409 e. The van der Waals surface area contributed by atoms with Crippen molar-refractivity contribution in [3.05, 3.63) is 41.7 Å². The van der Waals surface area contributed by atoms with Crippen LogP contribution >= 0.6 is 0 Å². The first-order chi connectivity index (χ1) is 9.10. The number of fused-ring (bicyclic) bond motifs is 1. The van der Waals surface area contributed by atoms with Crippen molar-refractivity contribution >= 4 is 10.8 Å². The van der Waals surface area contributed by atoms with E-state index in [-0.39, 0.29) is 5.54 Å². The molecule has 0 bridgehead atoms. The minimum absolute atomic E-state index is 0.109. The molecule has 0 spiro atoms. The van der Waals surface area contributed by atoms with Crippen molar-refractivity contribution in [3.8, 4) is 0 Å². The molecule has 1 aromatic carbocycles. The highest BCUT2D eigenvalue weighted by atomic mass is 14.8. The Bertz CT molecular complexity index is 595. The maximum absolute atomic E-state index is 6.55. The van der Waals surface area contributed by atoms with Crippen LogP contribution in [0.4, 0.5) is 0 Å². The van der Waals surface area contributed by atoms with E-state index in [9.17, 15) is 0 Å². The van der Waals surface area contributed by atoms with E-state index in [1.54, 1.807) is 0 Å². The number of nitrogens with zero attached hydrogens (tertiary/aromatic N) is 1. The van der Waals surface area contributed by atoms with E-state index in [2.05, 4.69) is 37.0 Å². The number of hydrogen-bond acceptors (Lipinski definition) is 2. The molecule has 100 valence electrons. The summed E-state index contributed by atoms with van der Waals surface area (Å²) in [6.45, 7) is 4.43. The van der Waals surface area contributed by atoms with Gasteiger partial charge in [0.1, 0.15) is 0 Å². The van der Waals surface area contributed by atoms with Crippen LogP contribution in [0.2, 0.25) is 0 Å². The highest BCUT2D eigenvalue weighted by molar-refractivity contribution is 5.86. The minimum Gasteiger partial charge on any atom is -0.321 e. The molecule has 0 aliphatic heterocycles. The Morgan fingerprint density at radius 2 is 1.89 bits per heavy atom. The topological polar surface area (TPSA) is 38.9 Å². The van der Waals surface area contributed by atoms with Gasteiger partial charge in [-0.2, -0.15) is 0 Å². The van der Waals surface area contributed by atoms with E-state index >= 15 is 0 Å². The van der Waals surface area contributed by atoms with Gasteiger partial charge < -0.3 is 5.73 Å². The molecule has 2 aromatic rings. The lowest BCUT2D eigenvalue weighted by molar-refractivity contribution is 0.462. The van der Waals surface area contributed by atoms with Crippen molar-refractivity contribution in [3.63, 3.8) is 0 Å². The monoisotopic (exact) mass is 254 g/mol. The van der Waals surface area contributed by atoms with Gasteiger partial charge in [-0.25, -0.2) is 0 Å². The molecule has 0 saturated heterocycles. The zero-order valence-electron chi connectivity index (χ0n) is 11.8. The average molecular weight is 254 g/mol. The van der Waals surface area contributed by atoms with Crippen LogP contribution in [0.5, 0.6) is 0 Å². The molecule has 1 fully saturated rings. The molecular formula is C17H22N2. The van der Waals surface area contributed by atoms with E-state index in [1.807, 2.05) is 12.4 Å².